The van der Waals surface area contributed by atoms with Crippen LogP contribution in [-0.4, -0.2) is 16.9 Å². The summed E-state index contributed by atoms with van der Waals surface area (Å²) < 4.78 is -0.359. The van der Waals surface area contributed by atoms with Crippen molar-refractivity contribution in [2.45, 2.75) is 0 Å². The van der Waals surface area contributed by atoms with E-state index < -0.39 is 11.8 Å². The van der Waals surface area contributed by atoms with Crippen LogP contribution in [-0.2, 0) is 9.59 Å². The molecule has 0 aromatic carbocycles. The van der Waals surface area contributed by atoms with Gasteiger partial charge in [-0.3, -0.25) is 4.79 Å². The minimum absolute atomic E-state index is 0.359. The van der Waals surface area contributed by atoms with Gasteiger partial charge in [0, 0.05) is 6.08 Å². The summed E-state index contributed by atoms with van der Waals surface area (Å²) in [5.41, 5.74) is 0. The zero-order valence-corrected chi connectivity index (χ0v) is 5.61. The number of rotatable bonds is 2. The molecule has 0 heterocycles. The first-order valence-corrected chi connectivity index (χ1v) is 2.59. The molecule has 0 atom stereocenters. The molecular weight excluding hydrogens is 167 g/mol. The largest absolute Gasteiger partial charge is 0.475 e. The highest BCUT2D eigenvalue weighted by Crippen LogP contribution is 2.05. The molecule has 0 spiro atoms. The maximum absolute atomic E-state index is 10.1. The average Bonchev–Trinajstić information content (AvgIpc) is 1.63. The van der Waals surface area contributed by atoms with Crippen molar-refractivity contribution in [3.05, 3.63) is 10.6 Å². The van der Waals surface area contributed by atoms with Crippen molar-refractivity contribution in [3.63, 3.8) is 0 Å². The van der Waals surface area contributed by atoms with Gasteiger partial charge in [0.1, 0.15) is 4.49 Å². The minimum atomic E-state index is -1.58. The fraction of sp³-hybridized carbons (Fsp3) is 0. The van der Waals surface area contributed by atoms with Crippen molar-refractivity contribution in [3.8, 4) is 0 Å². The summed E-state index contributed by atoms with van der Waals surface area (Å²) in [7, 11) is 0. The first-order valence-electron chi connectivity index (χ1n) is 1.84. The minimum Gasteiger partial charge on any atom is -0.475 e. The molecule has 0 aliphatic rings. The average molecular weight is 169 g/mol. The van der Waals surface area contributed by atoms with E-state index in [2.05, 4.69) is 0 Å². The summed E-state index contributed by atoms with van der Waals surface area (Å²) >= 11 is 9.92. The quantitative estimate of drug-likeness (QED) is 0.494. The number of halogens is 2. The first-order chi connectivity index (χ1) is 4.04. The summed E-state index contributed by atoms with van der Waals surface area (Å²) in [5, 5.41) is 7.92. The summed E-state index contributed by atoms with van der Waals surface area (Å²) in [6.45, 7) is 0. The van der Waals surface area contributed by atoms with Crippen molar-refractivity contribution >= 4 is 35.0 Å². The molecule has 0 aromatic rings. The lowest BCUT2D eigenvalue weighted by Crippen LogP contribution is -2.08. The molecule has 0 fully saturated rings. The molecule has 9 heavy (non-hydrogen) atoms. The van der Waals surface area contributed by atoms with Gasteiger partial charge in [-0.15, -0.1) is 0 Å². The topological polar surface area (TPSA) is 54.4 Å². The third-order valence-electron chi connectivity index (χ3n) is 0.451. The molecule has 50 valence electrons. The van der Waals surface area contributed by atoms with Crippen LogP contribution in [0.3, 0.4) is 0 Å². The Bertz CT molecular complexity index is 169. The van der Waals surface area contributed by atoms with Crippen molar-refractivity contribution in [2.24, 2.45) is 0 Å². The van der Waals surface area contributed by atoms with Crippen LogP contribution in [0.1, 0.15) is 0 Å². The van der Waals surface area contributed by atoms with Crippen LogP contribution < -0.4 is 0 Å². The highest BCUT2D eigenvalue weighted by molar-refractivity contribution is 6.58. The molecular formula is C4H2Cl2O3. The van der Waals surface area contributed by atoms with Crippen molar-refractivity contribution in [1.82, 2.24) is 0 Å². The van der Waals surface area contributed by atoms with Crippen LogP contribution in [0, 0.1) is 0 Å². The summed E-state index contributed by atoms with van der Waals surface area (Å²) in [4.78, 5) is 19.8. The van der Waals surface area contributed by atoms with Gasteiger partial charge in [0.25, 0.3) is 5.78 Å². The predicted octanol–water partition coefficient (Wildman–Crippen LogP) is 0.959. The lowest BCUT2D eigenvalue weighted by atomic mass is 10.4. The molecule has 0 amide bonds. The van der Waals surface area contributed by atoms with Gasteiger partial charge in [-0.25, -0.2) is 4.79 Å². The Morgan fingerprint density at radius 2 is 1.78 bits per heavy atom. The van der Waals surface area contributed by atoms with Crippen LogP contribution in [0.25, 0.3) is 0 Å². The first kappa shape index (κ1) is 8.46. The maximum atomic E-state index is 10.1. The fourth-order valence-electron chi connectivity index (χ4n) is 0.161. The van der Waals surface area contributed by atoms with Gasteiger partial charge in [-0.1, -0.05) is 23.2 Å². The van der Waals surface area contributed by atoms with Crippen LogP contribution in [0.5, 0.6) is 0 Å². The van der Waals surface area contributed by atoms with Gasteiger partial charge in [0.15, 0.2) is 0 Å². The Kier molecular flexibility index (Phi) is 3.27. The van der Waals surface area contributed by atoms with Crippen molar-refractivity contribution in [1.29, 1.82) is 0 Å². The molecule has 0 rings (SSSR count). The Morgan fingerprint density at radius 3 is 1.89 bits per heavy atom. The van der Waals surface area contributed by atoms with Gasteiger partial charge in [-0.05, 0) is 0 Å². The van der Waals surface area contributed by atoms with Gasteiger partial charge in [0.05, 0.1) is 0 Å². The highest BCUT2D eigenvalue weighted by Gasteiger charge is 2.06. The van der Waals surface area contributed by atoms with E-state index in [0.29, 0.717) is 6.08 Å². The number of hydrogen-bond acceptors (Lipinski definition) is 2. The molecule has 0 bridgehead atoms. The Morgan fingerprint density at radius 1 is 1.33 bits per heavy atom. The van der Waals surface area contributed by atoms with Crippen LogP contribution in [0.2, 0.25) is 0 Å². The second-order valence-corrected chi connectivity index (χ2v) is 2.11. The number of ketones is 1. The smallest absolute Gasteiger partial charge is 0.376 e. The summed E-state index contributed by atoms with van der Waals surface area (Å²) in [6.07, 6.45) is 0.617. The number of carbonyl (C=O) groups excluding carboxylic acids is 1. The number of aliphatic carboxylic acids is 1. The third kappa shape index (κ3) is 4.00. The molecule has 0 saturated heterocycles. The van der Waals surface area contributed by atoms with Crippen molar-refractivity contribution < 1.29 is 14.7 Å². The fourth-order valence-corrected chi connectivity index (χ4v) is 0.359. The van der Waals surface area contributed by atoms with Gasteiger partial charge in [-0.2, -0.15) is 0 Å². The summed E-state index contributed by atoms with van der Waals surface area (Å²) in [6, 6.07) is 0. The Hall–Kier alpha value is -0.540. The molecule has 1 N–H and O–H groups in total. The van der Waals surface area contributed by atoms with E-state index in [1.165, 1.54) is 0 Å². The van der Waals surface area contributed by atoms with Crippen LogP contribution in [0.4, 0.5) is 0 Å². The lowest BCUT2D eigenvalue weighted by molar-refractivity contribution is -0.146. The van der Waals surface area contributed by atoms with E-state index in [0.717, 1.165) is 0 Å². The van der Waals surface area contributed by atoms with Crippen LogP contribution >= 0.6 is 23.2 Å². The number of hydrogen-bond donors (Lipinski definition) is 1. The van der Waals surface area contributed by atoms with E-state index >= 15 is 0 Å². The number of carboxylic acids is 1. The van der Waals surface area contributed by atoms with Gasteiger partial charge in [0.2, 0.25) is 0 Å². The molecule has 0 aliphatic carbocycles. The SMILES string of the molecule is O=C(O)C(=O)C=C(Cl)Cl. The lowest BCUT2D eigenvalue weighted by Gasteiger charge is -1.81. The second-order valence-electron chi connectivity index (χ2n) is 1.10. The second kappa shape index (κ2) is 3.48. The van der Waals surface area contributed by atoms with E-state index in [4.69, 9.17) is 28.3 Å². The Labute approximate surface area is 60.9 Å². The van der Waals surface area contributed by atoms with E-state index in [-0.39, 0.29) is 4.49 Å². The normalized spacial score (nSPS) is 8.22. The van der Waals surface area contributed by atoms with E-state index in [1.807, 2.05) is 0 Å². The molecule has 0 aliphatic heterocycles. The zero-order valence-electron chi connectivity index (χ0n) is 4.10. The van der Waals surface area contributed by atoms with Crippen LogP contribution in [0.15, 0.2) is 10.6 Å². The van der Waals surface area contributed by atoms with Gasteiger partial charge >= 0.3 is 5.97 Å². The van der Waals surface area contributed by atoms with E-state index in [1.54, 1.807) is 0 Å². The van der Waals surface area contributed by atoms with Crippen molar-refractivity contribution in [2.75, 3.05) is 0 Å². The molecule has 0 aromatic heterocycles. The van der Waals surface area contributed by atoms with E-state index in [9.17, 15) is 9.59 Å². The maximum Gasteiger partial charge on any atom is 0.376 e. The molecule has 0 saturated carbocycles. The van der Waals surface area contributed by atoms with Gasteiger partial charge < -0.3 is 5.11 Å². The molecule has 0 unspecified atom stereocenters. The third-order valence-corrected chi connectivity index (χ3v) is 0.669. The molecule has 0 radical (unpaired) electrons. The number of carbonyl (C=O) groups is 2. The zero-order chi connectivity index (χ0) is 7.44. The number of carboxylic acid groups (broad SMARTS) is 1. The molecule has 3 nitrogen and oxygen atoms in total. The summed E-state index contributed by atoms with van der Waals surface area (Å²) in [5.74, 6) is -2.70. The molecule has 5 heteroatoms. The highest BCUT2D eigenvalue weighted by atomic mass is 35.5. The Balaban J connectivity index is 4.09. The predicted molar refractivity (Wildman–Crippen MR) is 32.4 cm³/mol. The monoisotopic (exact) mass is 168 g/mol. The standard InChI is InChI=1S/C4H2Cl2O3/c5-3(6)1-2(7)4(8)9/h1H,(H,8,9).